The average molecular weight is 280 g/mol. The molecule has 1 heterocycles. The first kappa shape index (κ1) is 14.5. The number of amides is 2. The van der Waals surface area contributed by atoms with Crippen LogP contribution in [0.5, 0.6) is 0 Å². The van der Waals surface area contributed by atoms with Crippen molar-refractivity contribution < 1.29 is 19.1 Å². The van der Waals surface area contributed by atoms with Crippen LogP contribution in [0.2, 0.25) is 0 Å². The van der Waals surface area contributed by atoms with Gasteiger partial charge in [0.25, 0.3) is 5.91 Å². The van der Waals surface area contributed by atoms with E-state index in [2.05, 4.69) is 5.32 Å². The van der Waals surface area contributed by atoms with Gasteiger partial charge in [0, 0.05) is 38.2 Å². The molecule has 1 atom stereocenters. The Bertz CT molecular complexity index is 533. The van der Waals surface area contributed by atoms with Crippen LogP contribution in [0.3, 0.4) is 0 Å². The van der Waals surface area contributed by atoms with Crippen molar-refractivity contribution in [2.24, 2.45) is 5.92 Å². The molecular weight excluding hydrogens is 263 g/mol. The van der Waals surface area contributed by atoms with E-state index in [1.165, 1.54) is 24.0 Å². The summed E-state index contributed by atoms with van der Waals surface area (Å²) < 4.78 is 13.8. The minimum Gasteiger partial charge on any atom is -0.396 e. The number of carbonyl (C=O) groups is 2. The van der Waals surface area contributed by atoms with E-state index in [1.807, 2.05) is 0 Å². The first-order chi connectivity index (χ1) is 9.51. The maximum Gasteiger partial charge on any atom is 0.256 e. The van der Waals surface area contributed by atoms with E-state index in [0.29, 0.717) is 18.8 Å². The molecule has 1 aliphatic rings. The van der Waals surface area contributed by atoms with Gasteiger partial charge in [-0.1, -0.05) is 0 Å². The normalized spacial score (nSPS) is 18.1. The molecule has 0 aliphatic carbocycles. The molecule has 0 saturated carbocycles. The number of halogens is 1. The first-order valence-electron chi connectivity index (χ1n) is 6.48. The zero-order valence-electron chi connectivity index (χ0n) is 11.2. The quantitative estimate of drug-likeness (QED) is 0.875. The summed E-state index contributed by atoms with van der Waals surface area (Å²) in [5.41, 5.74) is 0.329. The maximum absolute atomic E-state index is 13.8. The van der Waals surface area contributed by atoms with Gasteiger partial charge in [-0.05, 0) is 24.6 Å². The molecule has 2 N–H and O–H groups in total. The molecule has 5 nitrogen and oxygen atoms in total. The van der Waals surface area contributed by atoms with E-state index in [1.54, 1.807) is 0 Å². The molecule has 0 aromatic heterocycles. The summed E-state index contributed by atoms with van der Waals surface area (Å²) in [7, 11) is 0. The van der Waals surface area contributed by atoms with Gasteiger partial charge in [-0.25, -0.2) is 4.39 Å². The van der Waals surface area contributed by atoms with Crippen LogP contribution in [0, 0.1) is 11.7 Å². The van der Waals surface area contributed by atoms with Crippen LogP contribution in [0.15, 0.2) is 18.2 Å². The van der Waals surface area contributed by atoms with Crippen molar-refractivity contribution in [2.75, 3.05) is 25.0 Å². The van der Waals surface area contributed by atoms with Gasteiger partial charge in [0.2, 0.25) is 5.91 Å². The molecule has 20 heavy (non-hydrogen) atoms. The SMILES string of the molecule is CC(=O)Nc1ccc(F)c(C(=O)N2CCC(CO)C2)c1. The minimum atomic E-state index is -0.614. The van der Waals surface area contributed by atoms with Crippen LogP contribution in [-0.4, -0.2) is 41.5 Å². The smallest absolute Gasteiger partial charge is 0.256 e. The van der Waals surface area contributed by atoms with Gasteiger partial charge in [-0.15, -0.1) is 0 Å². The summed E-state index contributed by atoms with van der Waals surface area (Å²) in [6, 6.07) is 3.91. The van der Waals surface area contributed by atoms with Crippen molar-refractivity contribution in [3.8, 4) is 0 Å². The number of aliphatic hydroxyl groups excluding tert-OH is 1. The number of rotatable bonds is 3. The highest BCUT2D eigenvalue weighted by molar-refractivity contribution is 5.97. The van der Waals surface area contributed by atoms with Crippen molar-refractivity contribution in [1.29, 1.82) is 0 Å². The number of carbonyl (C=O) groups excluding carboxylic acids is 2. The average Bonchev–Trinajstić information content (AvgIpc) is 2.88. The van der Waals surface area contributed by atoms with E-state index in [9.17, 15) is 14.0 Å². The fourth-order valence-electron chi connectivity index (χ4n) is 2.31. The molecule has 1 aromatic rings. The van der Waals surface area contributed by atoms with E-state index >= 15 is 0 Å². The Labute approximate surface area is 116 Å². The Morgan fingerprint density at radius 3 is 2.85 bits per heavy atom. The standard InChI is InChI=1S/C14H17FN2O3/c1-9(19)16-11-2-3-13(15)12(6-11)14(20)17-5-4-10(7-17)8-18/h2-3,6,10,18H,4-5,7-8H2,1H3,(H,16,19). The number of hydrogen-bond acceptors (Lipinski definition) is 3. The third-order valence-corrected chi connectivity index (χ3v) is 3.35. The Hall–Kier alpha value is -1.95. The fourth-order valence-corrected chi connectivity index (χ4v) is 2.31. The molecule has 2 amide bonds. The number of nitrogens with one attached hydrogen (secondary N) is 1. The van der Waals surface area contributed by atoms with Gasteiger partial charge in [0.15, 0.2) is 0 Å². The molecule has 1 saturated heterocycles. The van der Waals surface area contributed by atoms with Crippen molar-refractivity contribution in [1.82, 2.24) is 4.90 Å². The lowest BCUT2D eigenvalue weighted by Gasteiger charge is -2.17. The van der Waals surface area contributed by atoms with Crippen molar-refractivity contribution in [2.45, 2.75) is 13.3 Å². The highest BCUT2D eigenvalue weighted by Gasteiger charge is 2.28. The number of nitrogens with zero attached hydrogens (tertiary/aromatic N) is 1. The second kappa shape index (κ2) is 6.00. The van der Waals surface area contributed by atoms with Gasteiger partial charge < -0.3 is 15.3 Å². The number of hydrogen-bond donors (Lipinski definition) is 2. The third kappa shape index (κ3) is 3.14. The second-order valence-electron chi connectivity index (χ2n) is 4.96. The summed E-state index contributed by atoms with van der Waals surface area (Å²) in [4.78, 5) is 24.8. The lowest BCUT2D eigenvalue weighted by molar-refractivity contribution is -0.114. The molecule has 6 heteroatoms. The Balaban J connectivity index is 2.18. The Morgan fingerprint density at radius 2 is 2.25 bits per heavy atom. The molecule has 2 rings (SSSR count). The van der Waals surface area contributed by atoms with Gasteiger partial charge in [-0.2, -0.15) is 0 Å². The van der Waals surface area contributed by atoms with Gasteiger partial charge in [0.1, 0.15) is 5.82 Å². The number of anilines is 1. The van der Waals surface area contributed by atoms with E-state index in [-0.39, 0.29) is 24.0 Å². The molecule has 1 aromatic carbocycles. The van der Waals surface area contributed by atoms with E-state index in [0.717, 1.165) is 12.5 Å². The highest BCUT2D eigenvalue weighted by atomic mass is 19.1. The van der Waals surface area contributed by atoms with Crippen LogP contribution < -0.4 is 5.32 Å². The van der Waals surface area contributed by atoms with Crippen molar-refractivity contribution in [3.63, 3.8) is 0 Å². The lowest BCUT2D eigenvalue weighted by atomic mass is 10.1. The fraction of sp³-hybridized carbons (Fsp3) is 0.429. The molecule has 1 aliphatic heterocycles. The summed E-state index contributed by atoms with van der Waals surface area (Å²) in [5, 5.41) is 11.6. The Morgan fingerprint density at radius 1 is 1.50 bits per heavy atom. The van der Waals surface area contributed by atoms with Crippen LogP contribution in [0.25, 0.3) is 0 Å². The van der Waals surface area contributed by atoms with Gasteiger partial charge in [-0.3, -0.25) is 9.59 Å². The monoisotopic (exact) mass is 280 g/mol. The zero-order chi connectivity index (χ0) is 14.7. The number of benzene rings is 1. The number of likely N-dealkylation sites (tertiary alicyclic amines) is 1. The van der Waals surface area contributed by atoms with Gasteiger partial charge in [0.05, 0.1) is 5.56 Å². The Kier molecular flexibility index (Phi) is 4.34. The molecule has 1 fully saturated rings. The maximum atomic E-state index is 13.8. The molecule has 0 radical (unpaired) electrons. The lowest BCUT2D eigenvalue weighted by Crippen LogP contribution is -2.30. The van der Waals surface area contributed by atoms with E-state index in [4.69, 9.17) is 5.11 Å². The molecular formula is C14H17FN2O3. The highest BCUT2D eigenvalue weighted by Crippen LogP contribution is 2.21. The minimum absolute atomic E-state index is 0.0260. The van der Waals surface area contributed by atoms with Gasteiger partial charge >= 0.3 is 0 Å². The summed E-state index contributed by atoms with van der Waals surface area (Å²) in [5.74, 6) is -1.25. The van der Waals surface area contributed by atoms with Crippen molar-refractivity contribution >= 4 is 17.5 Å². The molecule has 0 bridgehead atoms. The molecule has 0 spiro atoms. The van der Waals surface area contributed by atoms with Crippen LogP contribution in [-0.2, 0) is 4.79 Å². The van der Waals surface area contributed by atoms with Crippen LogP contribution >= 0.6 is 0 Å². The van der Waals surface area contributed by atoms with Crippen LogP contribution in [0.4, 0.5) is 10.1 Å². The topological polar surface area (TPSA) is 69.6 Å². The summed E-state index contributed by atoms with van der Waals surface area (Å²) in [6.45, 7) is 2.31. The summed E-state index contributed by atoms with van der Waals surface area (Å²) >= 11 is 0. The zero-order valence-corrected chi connectivity index (χ0v) is 11.2. The molecule has 1 unspecified atom stereocenters. The molecule has 108 valence electrons. The third-order valence-electron chi connectivity index (χ3n) is 3.35. The predicted molar refractivity (Wildman–Crippen MR) is 71.8 cm³/mol. The van der Waals surface area contributed by atoms with Crippen LogP contribution in [0.1, 0.15) is 23.7 Å². The second-order valence-corrected chi connectivity index (χ2v) is 4.96. The number of aliphatic hydroxyl groups is 1. The largest absolute Gasteiger partial charge is 0.396 e. The van der Waals surface area contributed by atoms with Crippen molar-refractivity contribution in [3.05, 3.63) is 29.6 Å². The predicted octanol–water partition coefficient (Wildman–Crippen LogP) is 1.24. The first-order valence-corrected chi connectivity index (χ1v) is 6.48. The van der Waals surface area contributed by atoms with E-state index < -0.39 is 11.7 Å². The summed E-state index contributed by atoms with van der Waals surface area (Å²) in [6.07, 6.45) is 0.718.